The third kappa shape index (κ3) is 2.32. The van der Waals surface area contributed by atoms with Gasteiger partial charge in [0.1, 0.15) is 5.75 Å². The quantitative estimate of drug-likeness (QED) is 0.609. The number of hydrogen-bond acceptors (Lipinski definition) is 4. The van der Waals surface area contributed by atoms with Crippen LogP contribution >= 0.6 is 0 Å². The first-order valence-electron chi connectivity index (χ1n) is 7.29. The highest BCUT2D eigenvalue weighted by Crippen LogP contribution is 2.38. The minimum Gasteiger partial charge on any atom is -0.507 e. The van der Waals surface area contributed by atoms with Gasteiger partial charge in [-0.3, -0.25) is 9.97 Å². The van der Waals surface area contributed by atoms with Crippen LogP contribution in [-0.2, 0) is 0 Å². The number of imidazole rings is 1. The highest BCUT2D eigenvalue weighted by molar-refractivity contribution is 5.86. The Labute approximate surface area is 132 Å². The summed E-state index contributed by atoms with van der Waals surface area (Å²) in [5.41, 5.74) is 3.44. The molecule has 0 aliphatic heterocycles. The molecular formula is C18H14N4O. The number of hydrogen-bond donors (Lipinski definition) is 2. The van der Waals surface area contributed by atoms with E-state index in [0.29, 0.717) is 0 Å². The fourth-order valence-electron chi connectivity index (χ4n) is 2.88. The monoisotopic (exact) mass is 302 g/mol. The maximum Gasteiger partial charge on any atom is 0.129 e. The summed E-state index contributed by atoms with van der Waals surface area (Å²) in [4.78, 5) is 15.8. The van der Waals surface area contributed by atoms with E-state index in [0.717, 1.165) is 27.7 Å². The van der Waals surface area contributed by atoms with E-state index in [2.05, 4.69) is 19.9 Å². The number of pyridine rings is 2. The SMILES string of the molecule is Oc1c(C(c2cccnc2)c2cnc[nH]2)ccc2ncccc12. The number of phenolic OH excluding ortho intramolecular Hbond substituents is 1. The lowest BCUT2D eigenvalue weighted by atomic mass is 9.88. The Morgan fingerprint density at radius 2 is 1.87 bits per heavy atom. The van der Waals surface area contributed by atoms with Gasteiger partial charge in [-0.1, -0.05) is 12.1 Å². The van der Waals surface area contributed by atoms with Gasteiger partial charge in [-0.15, -0.1) is 0 Å². The summed E-state index contributed by atoms with van der Waals surface area (Å²) < 4.78 is 0. The summed E-state index contributed by atoms with van der Waals surface area (Å²) in [6, 6.07) is 11.4. The summed E-state index contributed by atoms with van der Waals surface area (Å²) in [6.07, 6.45) is 8.66. The molecule has 4 aromatic rings. The second-order valence-corrected chi connectivity index (χ2v) is 5.30. The molecule has 112 valence electrons. The van der Waals surface area contributed by atoms with Crippen LogP contribution in [0.4, 0.5) is 0 Å². The number of nitrogens with zero attached hydrogens (tertiary/aromatic N) is 3. The predicted molar refractivity (Wildman–Crippen MR) is 87.2 cm³/mol. The van der Waals surface area contributed by atoms with Gasteiger partial charge in [-0.05, 0) is 29.8 Å². The molecule has 0 saturated carbocycles. The fraction of sp³-hybridized carbons (Fsp3) is 0.0556. The van der Waals surface area contributed by atoms with Gasteiger partial charge in [-0.2, -0.15) is 0 Å². The summed E-state index contributed by atoms with van der Waals surface area (Å²) in [5.74, 6) is 0.0647. The topological polar surface area (TPSA) is 74.7 Å². The van der Waals surface area contributed by atoms with E-state index in [1.54, 1.807) is 31.1 Å². The highest BCUT2D eigenvalue weighted by atomic mass is 16.3. The lowest BCUT2D eigenvalue weighted by Gasteiger charge is -2.18. The number of benzene rings is 1. The number of H-pyrrole nitrogens is 1. The Balaban J connectivity index is 1.96. The molecule has 3 heterocycles. The van der Waals surface area contributed by atoms with Crippen LogP contribution in [0.2, 0.25) is 0 Å². The first-order chi connectivity index (χ1) is 11.3. The van der Waals surface area contributed by atoms with Gasteiger partial charge in [0.25, 0.3) is 0 Å². The predicted octanol–water partition coefficient (Wildman–Crippen LogP) is 3.24. The average molecular weight is 302 g/mol. The van der Waals surface area contributed by atoms with E-state index in [4.69, 9.17) is 0 Å². The molecule has 23 heavy (non-hydrogen) atoms. The molecule has 0 saturated heterocycles. The van der Waals surface area contributed by atoms with Gasteiger partial charge in [-0.25, -0.2) is 4.98 Å². The van der Waals surface area contributed by atoms with Gasteiger partial charge in [0.15, 0.2) is 0 Å². The molecule has 1 atom stereocenters. The average Bonchev–Trinajstić information content (AvgIpc) is 3.13. The molecule has 2 N–H and O–H groups in total. The van der Waals surface area contributed by atoms with Crippen LogP contribution in [0.25, 0.3) is 10.9 Å². The minimum atomic E-state index is -0.171. The molecule has 5 nitrogen and oxygen atoms in total. The van der Waals surface area contributed by atoms with Crippen molar-refractivity contribution in [1.82, 2.24) is 19.9 Å². The van der Waals surface area contributed by atoms with Crippen molar-refractivity contribution in [2.75, 3.05) is 0 Å². The molecule has 0 bridgehead atoms. The molecule has 0 aliphatic rings. The van der Waals surface area contributed by atoms with Gasteiger partial charge >= 0.3 is 0 Å². The zero-order valence-corrected chi connectivity index (χ0v) is 12.2. The van der Waals surface area contributed by atoms with Crippen LogP contribution in [0.5, 0.6) is 5.75 Å². The van der Waals surface area contributed by atoms with Crippen LogP contribution in [0.15, 0.2) is 67.5 Å². The van der Waals surface area contributed by atoms with Crippen LogP contribution < -0.4 is 0 Å². The molecule has 1 aromatic carbocycles. The minimum absolute atomic E-state index is 0.171. The van der Waals surface area contributed by atoms with E-state index < -0.39 is 0 Å². The number of phenols is 1. The Morgan fingerprint density at radius 1 is 0.957 bits per heavy atom. The zero-order chi connectivity index (χ0) is 15.6. The third-order valence-corrected chi connectivity index (χ3v) is 3.95. The first kappa shape index (κ1) is 13.5. The summed E-state index contributed by atoms with van der Waals surface area (Å²) in [6.45, 7) is 0. The number of fused-ring (bicyclic) bond motifs is 1. The standard InChI is InChI=1S/C18H14N4O/c23-18-13-4-2-8-21-15(13)6-5-14(18)17(16-10-20-11-22-16)12-3-1-7-19-9-12/h1-11,17,23H,(H,20,22). The molecule has 0 fully saturated rings. The summed E-state index contributed by atoms with van der Waals surface area (Å²) >= 11 is 0. The molecule has 5 heteroatoms. The number of rotatable bonds is 3. The summed E-state index contributed by atoms with van der Waals surface area (Å²) in [7, 11) is 0. The van der Waals surface area contributed by atoms with Crippen molar-refractivity contribution in [2.45, 2.75) is 5.92 Å². The van der Waals surface area contributed by atoms with Crippen molar-refractivity contribution < 1.29 is 5.11 Å². The van der Waals surface area contributed by atoms with Crippen LogP contribution in [0.3, 0.4) is 0 Å². The lowest BCUT2D eigenvalue weighted by Crippen LogP contribution is -2.05. The lowest BCUT2D eigenvalue weighted by molar-refractivity contribution is 0.473. The Hall–Kier alpha value is -3.21. The molecule has 1 unspecified atom stereocenters. The van der Waals surface area contributed by atoms with Crippen molar-refractivity contribution in [2.24, 2.45) is 0 Å². The van der Waals surface area contributed by atoms with E-state index in [1.165, 1.54) is 0 Å². The maximum atomic E-state index is 10.8. The van der Waals surface area contributed by atoms with Gasteiger partial charge in [0.2, 0.25) is 0 Å². The highest BCUT2D eigenvalue weighted by Gasteiger charge is 2.22. The zero-order valence-electron chi connectivity index (χ0n) is 12.2. The van der Waals surface area contributed by atoms with Crippen molar-refractivity contribution in [3.8, 4) is 5.75 Å². The van der Waals surface area contributed by atoms with E-state index >= 15 is 0 Å². The maximum absolute atomic E-state index is 10.8. The number of aromatic nitrogens is 4. The molecule has 3 aromatic heterocycles. The molecule has 4 rings (SSSR count). The Kier molecular flexibility index (Phi) is 3.24. The van der Waals surface area contributed by atoms with E-state index in [9.17, 15) is 5.11 Å². The largest absolute Gasteiger partial charge is 0.507 e. The Bertz CT molecular complexity index is 936. The number of aromatic hydroxyl groups is 1. The second kappa shape index (κ2) is 5.53. The van der Waals surface area contributed by atoms with Crippen molar-refractivity contribution in [3.05, 3.63) is 84.3 Å². The first-order valence-corrected chi connectivity index (χ1v) is 7.29. The smallest absolute Gasteiger partial charge is 0.129 e. The summed E-state index contributed by atoms with van der Waals surface area (Å²) in [5, 5.41) is 11.5. The second-order valence-electron chi connectivity index (χ2n) is 5.30. The van der Waals surface area contributed by atoms with E-state index in [1.807, 2.05) is 36.4 Å². The number of nitrogens with one attached hydrogen (secondary N) is 1. The number of aromatic amines is 1. The van der Waals surface area contributed by atoms with Gasteiger partial charge in [0.05, 0.1) is 17.8 Å². The molecule has 0 amide bonds. The van der Waals surface area contributed by atoms with Gasteiger partial charge in [0, 0.05) is 41.4 Å². The van der Waals surface area contributed by atoms with Crippen molar-refractivity contribution in [3.63, 3.8) is 0 Å². The normalized spacial score (nSPS) is 12.3. The third-order valence-electron chi connectivity index (χ3n) is 3.95. The molecular weight excluding hydrogens is 288 g/mol. The van der Waals surface area contributed by atoms with Crippen molar-refractivity contribution >= 4 is 10.9 Å². The van der Waals surface area contributed by atoms with Gasteiger partial charge < -0.3 is 10.1 Å². The molecule has 0 spiro atoms. The van der Waals surface area contributed by atoms with Crippen LogP contribution in [0, 0.1) is 0 Å². The molecule has 0 aliphatic carbocycles. The molecule has 0 radical (unpaired) electrons. The van der Waals surface area contributed by atoms with Crippen molar-refractivity contribution in [1.29, 1.82) is 0 Å². The van der Waals surface area contributed by atoms with Crippen LogP contribution in [0.1, 0.15) is 22.7 Å². The van der Waals surface area contributed by atoms with E-state index in [-0.39, 0.29) is 11.7 Å². The van der Waals surface area contributed by atoms with Crippen LogP contribution in [-0.4, -0.2) is 25.0 Å². The Morgan fingerprint density at radius 3 is 2.65 bits per heavy atom. The fourth-order valence-corrected chi connectivity index (χ4v) is 2.88.